The van der Waals surface area contributed by atoms with Gasteiger partial charge in [0.05, 0.1) is 35.4 Å². The summed E-state index contributed by atoms with van der Waals surface area (Å²) in [6.07, 6.45) is 0.386. The number of anilines is 1. The molecule has 12 heteroatoms. The second-order valence-corrected chi connectivity index (χ2v) is 10.8. The summed E-state index contributed by atoms with van der Waals surface area (Å²) in [5.41, 5.74) is 1.38. The van der Waals surface area contributed by atoms with Gasteiger partial charge in [0.2, 0.25) is 0 Å². The number of hydrogen-bond acceptors (Lipinski definition) is 8. The molecule has 224 valence electrons. The van der Waals surface area contributed by atoms with Gasteiger partial charge in [-0.1, -0.05) is 23.7 Å². The van der Waals surface area contributed by atoms with E-state index in [4.69, 9.17) is 26.1 Å². The molecule has 2 N–H and O–H groups in total. The number of carbonyl (C=O) groups is 1. The van der Waals surface area contributed by atoms with Crippen LogP contribution in [0, 0.1) is 0 Å². The zero-order valence-electron chi connectivity index (χ0n) is 23.5. The molecule has 0 atom stereocenters. The number of aromatic nitrogens is 2. The standard InChI is InChI=1S/C30H32ClF3N4O4/c1-29(2,18-41-13-5-4-11-35-16-19-6-9-26(24(31)14-19)42-30(32,33)34)38-27-22-10-12-36-17-23(22)21-8-7-20(28(39)40-3)15-25(21)37-27/h6-10,12,14-15,17,35H,4-5,11,13,16,18H2,1-3H3,(H,37,38). The molecule has 0 unspecified atom stereocenters. The Labute approximate surface area is 246 Å². The third-order valence-corrected chi connectivity index (χ3v) is 6.68. The lowest BCUT2D eigenvalue weighted by molar-refractivity contribution is -0.274. The molecule has 2 aromatic heterocycles. The van der Waals surface area contributed by atoms with Crippen molar-refractivity contribution in [2.24, 2.45) is 0 Å². The Bertz CT molecular complexity index is 1550. The number of hydrogen-bond donors (Lipinski definition) is 2. The molecule has 0 aliphatic carbocycles. The van der Waals surface area contributed by atoms with Crippen LogP contribution in [0.15, 0.2) is 54.9 Å². The molecule has 0 spiro atoms. The Morgan fingerprint density at radius 1 is 1.02 bits per heavy atom. The van der Waals surface area contributed by atoms with Gasteiger partial charge in [-0.25, -0.2) is 9.78 Å². The highest BCUT2D eigenvalue weighted by Gasteiger charge is 2.32. The van der Waals surface area contributed by atoms with E-state index in [0.717, 1.165) is 34.6 Å². The first-order valence-corrected chi connectivity index (χ1v) is 13.7. The largest absolute Gasteiger partial charge is 0.573 e. The van der Waals surface area contributed by atoms with Crippen LogP contribution in [0.1, 0.15) is 42.6 Å². The molecule has 4 aromatic rings. The van der Waals surface area contributed by atoms with Crippen LogP contribution < -0.4 is 15.4 Å². The molecule has 0 radical (unpaired) electrons. The number of esters is 1. The van der Waals surface area contributed by atoms with Crippen molar-refractivity contribution in [1.29, 1.82) is 0 Å². The maximum atomic E-state index is 12.4. The lowest BCUT2D eigenvalue weighted by Crippen LogP contribution is -2.37. The second kappa shape index (κ2) is 13.5. The van der Waals surface area contributed by atoms with Crippen LogP contribution in [0.5, 0.6) is 5.75 Å². The fraction of sp³-hybridized carbons (Fsp3) is 0.367. The third-order valence-electron chi connectivity index (χ3n) is 6.38. The Kier molecular flexibility index (Phi) is 10.1. The summed E-state index contributed by atoms with van der Waals surface area (Å²) in [4.78, 5) is 21.1. The molecule has 42 heavy (non-hydrogen) atoms. The summed E-state index contributed by atoms with van der Waals surface area (Å²) in [5, 5.41) is 9.36. The normalized spacial score (nSPS) is 12.1. The average molecular weight is 605 g/mol. The molecule has 2 aromatic carbocycles. The van der Waals surface area contributed by atoms with Crippen LogP contribution in [0.2, 0.25) is 5.02 Å². The highest BCUT2D eigenvalue weighted by molar-refractivity contribution is 6.32. The number of ether oxygens (including phenoxy) is 3. The predicted molar refractivity (Wildman–Crippen MR) is 156 cm³/mol. The molecule has 2 heterocycles. The minimum Gasteiger partial charge on any atom is -0.465 e. The minimum atomic E-state index is -4.78. The van der Waals surface area contributed by atoms with Crippen LogP contribution >= 0.6 is 11.6 Å². The van der Waals surface area contributed by atoms with E-state index in [9.17, 15) is 18.0 Å². The van der Waals surface area contributed by atoms with E-state index >= 15 is 0 Å². The van der Waals surface area contributed by atoms with Gasteiger partial charge in [0, 0.05) is 41.7 Å². The Balaban J connectivity index is 1.25. The van der Waals surface area contributed by atoms with Crippen LogP contribution in [0.25, 0.3) is 21.7 Å². The topological polar surface area (TPSA) is 94.6 Å². The van der Waals surface area contributed by atoms with Crippen molar-refractivity contribution in [3.05, 3.63) is 71.0 Å². The molecule has 8 nitrogen and oxygen atoms in total. The molecule has 0 saturated heterocycles. The maximum absolute atomic E-state index is 12.4. The molecular weight excluding hydrogens is 573 g/mol. The van der Waals surface area contributed by atoms with Gasteiger partial charge in [0.15, 0.2) is 0 Å². The van der Waals surface area contributed by atoms with Crippen molar-refractivity contribution < 1.29 is 32.2 Å². The smallest absolute Gasteiger partial charge is 0.465 e. The Morgan fingerprint density at radius 3 is 2.57 bits per heavy atom. The summed E-state index contributed by atoms with van der Waals surface area (Å²) in [7, 11) is 1.34. The van der Waals surface area contributed by atoms with Crippen molar-refractivity contribution in [2.75, 3.05) is 32.2 Å². The van der Waals surface area contributed by atoms with Crippen molar-refractivity contribution >= 4 is 45.1 Å². The summed E-state index contributed by atoms with van der Waals surface area (Å²) in [5.74, 6) is -0.184. The molecule has 4 rings (SSSR count). The minimum absolute atomic E-state index is 0.0919. The monoisotopic (exact) mass is 604 g/mol. The third kappa shape index (κ3) is 8.43. The number of carbonyl (C=O) groups excluding carboxylic acids is 1. The lowest BCUT2D eigenvalue weighted by Gasteiger charge is -2.27. The fourth-order valence-corrected chi connectivity index (χ4v) is 4.66. The van der Waals surface area contributed by atoms with E-state index in [1.54, 1.807) is 30.6 Å². The Morgan fingerprint density at radius 2 is 1.83 bits per heavy atom. The summed E-state index contributed by atoms with van der Waals surface area (Å²) < 4.78 is 51.9. The number of unbranched alkanes of at least 4 members (excludes halogenated alkanes) is 1. The first-order valence-electron chi connectivity index (χ1n) is 13.3. The predicted octanol–water partition coefficient (Wildman–Crippen LogP) is 6.90. The molecule has 0 saturated carbocycles. The molecular formula is C30H32ClF3N4O4. The zero-order chi connectivity index (χ0) is 30.3. The van der Waals surface area contributed by atoms with Gasteiger partial charge in [-0.2, -0.15) is 0 Å². The van der Waals surface area contributed by atoms with Crippen molar-refractivity contribution in [3.63, 3.8) is 0 Å². The van der Waals surface area contributed by atoms with Crippen molar-refractivity contribution in [2.45, 2.75) is 45.1 Å². The number of nitrogens with one attached hydrogen (secondary N) is 2. The van der Waals surface area contributed by atoms with Gasteiger partial charge >= 0.3 is 12.3 Å². The van der Waals surface area contributed by atoms with E-state index in [1.165, 1.54) is 19.2 Å². The summed E-state index contributed by atoms with van der Waals surface area (Å²) >= 11 is 5.90. The number of methoxy groups -OCH3 is 1. The van der Waals surface area contributed by atoms with Gasteiger partial charge in [0.1, 0.15) is 11.6 Å². The van der Waals surface area contributed by atoms with Crippen molar-refractivity contribution in [3.8, 4) is 5.75 Å². The van der Waals surface area contributed by atoms with Crippen molar-refractivity contribution in [1.82, 2.24) is 15.3 Å². The van der Waals surface area contributed by atoms with Crippen LogP contribution in [0.4, 0.5) is 19.0 Å². The molecule has 0 aliphatic heterocycles. The van der Waals surface area contributed by atoms with E-state index in [0.29, 0.717) is 43.2 Å². The highest BCUT2D eigenvalue weighted by atomic mass is 35.5. The number of rotatable bonds is 13. The molecule has 0 amide bonds. The number of pyridine rings is 2. The van der Waals surface area contributed by atoms with E-state index in [-0.39, 0.29) is 5.02 Å². The molecule has 0 aliphatic rings. The Hall–Kier alpha value is -3.67. The van der Waals surface area contributed by atoms with Gasteiger partial charge in [-0.05, 0) is 69.1 Å². The fourth-order valence-electron chi connectivity index (χ4n) is 4.42. The van der Waals surface area contributed by atoms with E-state index in [2.05, 4.69) is 20.4 Å². The number of nitrogens with zero attached hydrogens (tertiary/aromatic N) is 2. The van der Waals surface area contributed by atoms with Gasteiger partial charge < -0.3 is 24.8 Å². The number of alkyl halides is 3. The average Bonchev–Trinajstić information content (AvgIpc) is 2.94. The van der Waals surface area contributed by atoms with Crippen LogP contribution in [-0.4, -0.2) is 54.7 Å². The number of halogens is 4. The van der Waals surface area contributed by atoms with Crippen LogP contribution in [-0.2, 0) is 16.0 Å². The lowest BCUT2D eigenvalue weighted by atomic mass is 10.0. The van der Waals surface area contributed by atoms with Gasteiger partial charge in [0.25, 0.3) is 0 Å². The quantitative estimate of drug-likeness (QED) is 0.0967. The van der Waals surface area contributed by atoms with E-state index in [1.807, 2.05) is 26.0 Å². The summed E-state index contributed by atoms with van der Waals surface area (Å²) in [6.45, 7) is 6.20. The maximum Gasteiger partial charge on any atom is 0.573 e. The van der Waals surface area contributed by atoms with E-state index < -0.39 is 23.6 Å². The zero-order valence-corrected chi connectivity index (χ0v) is 24.2. The number of fused-ring (bicyclic) bond motifs is 3. The first-order chi connectivity index (χ1) is 20.0. The molecule has 0 fully saturated rings. The molecule has 0 bridgehead atoms. The first kappa shape index (κ1) is 31.3. The van der Waals surface area contributed by atoms with Gasteiger partial charge in [-0.15, -0.1) is 13.2 Å². The van der Waals surface area contributed by atoms with Gasteiger partial charge in [-0.3, -0.25) is 4.98 Å². The second-order valence-electron chi connectivity index (χ2n) is 10.4. The highest BCUT2D eigenvalue weighted by Crippen LogP contribution is 2.32. The van der Waals surface area contributed by atoms with Crippen LogP contribution in [0.3, 0.4) is 0 Å². The SMILES string of the molecule is COC(=O)c1ccc2c(c1)nc(NC(C)(C)COCCCCNCc1ccc(OC(F)(F)F)c(Cl)c1)c1ccncc12. The summed E-state index contributed by atoms with van der Waals surface area (Å²) in [6, 6.07) is 11.4. The number of benzene rings is 2.